The maximum atomic E-state index is 15.0. The Bertz CT molecular complexity index is 1020. The number of aromatic nitrogens is 2. The molecule has 0 spiro atoms. The highest BCUT2D eigenvalue weighted by Crippen LogP contribution is 2.37. The fourth-order valence-corrected chi connectivity index (χ4v) is 5.51. The molecule has 1 aromatic heterocycles. The zero-order valence-electron chi connectivity index (χ0n) is 22.9. The van der Waals surface area contributed by atoms with E-state index >= 15 is 0 Å². The Morgan fingerprint density at radius 1 is 1.16 bits per heavy atom. The van der Waals surface area contributed by atoms with Crippen LogP contribution in [-0.2, 0) is 6.18 Å². The van der Waals surface area contributed by atoms with Gasteiger partial charge in [0.05, 0.1) is 5.69 Å². The summed E-state index contributed by atoms with van der Waals surface area (Å²) >= 11 is 1.41. The normalized spacial score (nSPS) is 17.2. The second-order valence-corrected chi connectivity index (χ2v) is 11.7. The summed E-state index contributed by atoms with van der Waals surface area (Å²) in [6.45, 7) is 9.63. The topological polar surface area (TPSA) is 53.1 Å². The molecule has 0 bridgehead atoms. The molecule has 1 saturated heterocycles. The van der Waals surface area contributed by atoms with Crippen LogP contribution >= 0.6 is 11.9 Å². The van der Waals surface area contributed by atoms with Gasteiger partial charge in [0, 0.05) is 30.2 Å². The van der Waals surface area contributed by atoms with Crippen molar-refractivity contribution in [3.8, 4) is 0 Å². The van der Waals surface area contributed by atoms with E-state index in [-0.39, 0.29) is 23.4 Å². The van der Waals surface area contributed by atoms with E-state index in [1.54, 1.807) is 17.0 Å². The monoisotopic (exact) mass is 555 g/mol. The minimum absolute atomic E-state index is 0.0616. The molecule has 1 aromatic carbocycles. The van der Waals surface area contributed by atoms with Crippen molar-refractivity contribution >= 4 is 29.4 Å². The van der Waals surface area contributed by atoms with Gasteiger partial charge in [0.2, 0.25) is 5.95 Å². The Hall–Kier alpha value is -2.07. The van der Waals surface area contributed by atoms with Crippen molar-refractivity contribution in [1.29, 1.82) is 0 Å². The van der Waals surface area contributed by atoms with Crippen LogP contribution in [0.1, 0.15) is 84.6 Å². The van der Waals surface area contributed by atoms with Crippen LogP contribution in [0.25, 0.3) is 0 Å². The van der Waals surface area contributed by atoms with Crippen LogP contribution in [0, 0.1) is 17.7 Å². The third-order valence-corrected chi connectivity index (χ3v) is 7.74. The Balaban J connectivity index is 1.69. The fourth-order valence-electron chi connectivity index (χ4n) is 4.67. The smallest absolute Gasteiger partial charge is 0.356 e. The number of nitrogens with zero attached hydrogens (tertiary/aromatic N) is 3. The van der Waals surface area contributed by atoms with Gasteiger partial charge in [-0.05, 0) is 67.7 Å². The lowest BCUT2D eigenvalue weighted by Gasteiger charge is -2.33. The van der Waals surface area contributed by atoms with Crippen molar-refractivity contribution in [2.24, 2.45) is 11.8 Å². The van der Waals surface area contributed by atoms with Crippen molar-refractivity contribution in [3.63, 3.8) is 0 Å². The van der Waals surface area contributed by atoms with E-state index in [4.69, 9.17) is 0 Å². The van der Waals surface area contributed by atoms with E-state index in [0.717, 1.165) is 56.0 Å². The van der Waals surface area contributed by atoms with E-state index in [1.807, 2.05) is 6.92 Å². The molecule has 212 valence electrons. The van der Waals surface area contributed by atoms with Gasteiger partial charge in [-0.3, -0.25) is 4.72 Å². The van der Waals surface area contributed by atoms with Crippen LogP contribution in [-0.4, -0.2) is 29.1 Å². The summed E-state index contributed by atoms with van der Waals surface area (Å²) in [5, 5.41) is 2.78. The number of nitrogens with one attached hydrogen (secondary N) is 2. The number of unbranched alkanes of at least 4 members (excludes halogenated alkanes) is 1. The van der Waals surface area contributed by atoms with Crippen LogP contribution in [0.4, 0.5) is 35.0 Å². The predicted molar refractivity (Wildman–Crippen MR) is 148 cm³/mol. The van der Waals surface area contributed by atoms with Crippen LogP contribution in [0.15, 0.2) is 29.3 Å². The molecule has 38 heavy (non-hydrogen) atoms. The van der Waals surface area contributed by atoms with Crippen molar-refractivity contribution < 1.29 is 17.6 Å². The summed E-state index contributed by atoms with van der Waals surface area (Å²) < 4.78 is 59.5. The Morgan fingerprint density at radius 2 is 1.92 bits per heavy atom. The van der Waals surface area contributed by atoms with Gasteiger partial charge in [-0.1, -0.05) is 53.4 Å². The first-order chi connectivity index (χ1) is 18.1. The molecule has 0 saturated carbocycles. The van der Waals surface area contributed by atoms with Gasteiger partial charge in [-0.2, -0.15) is 18.2 Å². The fraction of sp³-hybridized carbons (Fsp3) is 0.643. The summed E-state index contributed by atoms with van der Waals surface area (Å²) in [6, 6.07) is 5.13. The first kappa shape index (κ1) is 30.5. The summed E-state index contributed by atoms with van der Waals surface area (Å²) in [4.78, 5) is 10.4. The summed E-state index contributed by atoms with van der Waals surface area (Å²) in [7, 11) is 0. The average molecular weight is 556 g/mol. The molecular formula is C28H41F4N5S. The lowest BCUT2D eigenvalue weighted by atomic mass is 10.00. The van der Waals surface area contributed by atoms with Crippen LogP contribution < -0.4 is 14.9 Å². The Kier molecular flexibility index (Phi) is 11.5. The van der Waals surface area contributed by atoms with Gasteiger partial charge >= 0.3 is 6.18 Å². The first-order valence-corrected chi connectivity index (χ1v) is 14.6. The average Bonchev–Trinajstić information content (AvgIpc) is 2.86. The number of piperidine rings is 1. The SMILES string of the molecule is CCCCC(CCCC(C)C)NSc1ccc(Nc2ncc(C(F)(F)F)c(N3CCCC(C)C3)n2)c(F)c1. The van der Waals surface area contributed by atoms with Crippen LogP contribution in [0.3, 0.4) is 0 Å². The number of hydrogen-bond acceptors (Lipinski definition) is 6. The van der Waals surface area contributed by atoms with Crippen LogP contribution in [0.2, 0.25) is 0 Å². The van der Waals surface area contributed by atoms with Gasteiger partial charge in [0.15, 0.2) is 0 Å². The highest BCUT2D eigenvalue weighted by atomic mass is 32.2. The summed E-state index contributed by atoms with van der Waals surface area (Å²) in [6.07, 6.45) is 4.75. The van der Waals surface area contributed by atoms with E-state index in [0.29, 0.717) is 25.0 Å². The molecule has 10 heteroatoms. The predicted octanol–water partition coefficient (Wildman–Crippen LogP) is 8.60. The van der Waals surface area contributed by atoms with E-state index in [1.165, 1.54) is 24.4 Å². The zero-order valence-corrected chi connectivity index (χ0v) is 23.7. The van der Waals surface area contributed by atoms with Gasteiger partial charge in [-0.25, -0.2) is 9.37 Å². The molecule has 0 radical (unpaired) electrons. The van der Waals surface area contributed by atoms with Crippen molar-refractivity contribution in [3.05, 3.63) is 35.8 Å². The maximum absolute atomic E-state index is 15.0. The number of hydrogen-bond donors (Lipinski definition) is 2. The third-order valence-electron chi connectivity index (χ3n) is 6.80. The van der Waals surface area contributed by atoms with E-state index in [2.05, 4.69) is 40.8 Å². The molecule has 1 aliphatic heterocycles. The molecule has 2 aromatic rings. The molecule has 2 heterocycles. The van der Waals surface area contributed by atoms with Gasteiger partial charge in [-0.15, -0.1) is 0 Å². The standard InChI is InChI=1S/C28H41F4N5S/c1-5-6-11-21(12-7-9-19(2)3)36-38-22-13-14-25(24(29)16-22)34-27-33-17-23(28(30,31)32)26(35-27)37-15-8-10-20(4)18-37/h13-14,16-17,19-21,36H,5-12,15,18H2,1-4H3,(H,33,34,35). The first-order valence-electron chi connectivity index (χ1n) is 13.7. The molecule has 2 atom stereocenters. The maximum Gasteiger partial charge on any atom is 0.421 e. The quantitative estimate of drug-likeness (QED) is 0.191. The number of halogens is 4. The summed E-state index contributed by atoms with van der Waals surface area (Å²) in [5.41, 5.74) is -0.756. The second kappa shape index (κ2) is 14.4. The largest absolute Gasteiger partial charge is 0.421 e. The molecule has 1 fully saturated rings. The number of benzene rings is 1. The van der Waals surface area contributed by atoms with Gasteiger partial charge < -0.3 is 10.2 Å². The number of alkyl halides is 3. The summed E-state index contributed by atoms with van der Waals surface area (Å²) in [5.74, 6) is 0.210. The highest BCUT2D eigenvalue weighted by molar-refractivity contribution is 7.97. The molecule has 2 N–H and O–H groups in total. The molecule has 0 amide bonds. The van der Waals surface area contributed by atoms with E-state index < -0.39 is 17.6 Å². The third kappa shape index (κ3) is 9.29. The Labute approximate surface area is 228 Å². The van der Waals surface area contributed by atoms with E-state index in [9.17, 15) is 17.6 Å². The highest BCUT2D eigenvalue weighted by Gasteiger charge is 2.37. The molecule has 0 aliphatic carbocycles. The van der Waals surface area contributed by atoms with Crippen molar-refractivity contribution in [1.82, 2.24) is 14.7 Å². The molecule has 1 aliphatic rings. The lowest BCUT2D eigenvalue weighted by Crippen LogP contribution is -2.36. The molecular weight excluding hydrogens is 514 g/mol. The zero-order chi connectivity index (χ0) is 27.7. The minimum Gasteiger partial charge on any atom is -0.356 e. The van der Waals surface area contributed by atoms with Crippen molar-refractivity contribution in [2.75, 3.05) is 23.3 Å². The Morgan fingerprint density at radius 3 is 2.58 bits per heavy atom. The molecule has 5 nitrogen and oxygen atoms in total. The van der Waals surface area contributed by atoms with Gasteiger partial charge in [0.1, 0.15) is 17.2 Å². The van der Waals surface area contributed by atoms with Crippen LogP contribution in [0.5, 0.6) is 0 Å². The molecule has 3 rings (SSSR count). The second-order valence-electron chi connectivity index (χ2n) is 10.8. The van der Waals surface area contributed by atoms with Gasteiger partial charge in [0.25, 0.3) is 0 Å². The lowest BCUT2D eigenvalue weighted by molar-refractivity contribution is -0.137. The number of rotatable bonds is 13. The number of anilines is 3. The molecule has 2 unspecified atom stereocenters. The van der Waals surface area contributed by atoms with Crippen molar-refractivity contribution in [2.45, 2.75) is 96.2 Å². The minimum atomic E-state index is -4.57.